The van der Waals surface area contributed by atoms with Gasteiger partial charge in [-0.1, -0.05) is 11.6 Å². The maximum absolute atomic E-state index is 6.25. The summed E-state index contributed by atoms with van der Waals surface area (Å²) in [4.78, 5) is 4.39. The van der Waals surface area contributed by atoms with Crippen molar-refractivity contribution in [2.24, 2.45) is 5.73 Å². The van der Waals surface area contributed by atoms with E-state index in [0.717, 1.165) is 34.5 Å². The minimum absolute atomic E-state index is 0.00649. The van der Waals surface area contributed by atoms with Crippen molar-refractivity contribution in [2.75, 3.05) is 6.54 Å². The van der Waals surface area contributed by atoms with Crippen molar-refractivity contribution in [3.05, 3.63) is 47.4 Å². The van der Waals surface area contributed by atoms with Gasteiger partial charge >= 0.3 is 0 Å². The third-order valence-electron chi connectivity index (χ3n) is 3.70. The van der Waals surface area contributed by atoms with Gasteiger partial charge in [-0.3, -0.25) is 0 Å². The highest BCUT2D eigenvalue weighted by atomic mass is 35.5. The first-order valence-electron chi connectivity index (χ1n) is 6.74. The molecular formula is C15H13ClN4O. The van der Waals surface area contributed by atoms with Gasteiger partial charge in [0.05, 0.1) is 11.8 Å². The topological polar surface area (TPSA) is 65.4 Å². The third kappa shape index (κ3) is 1.97. The minimum Gasteiger partial charge on any atom is -0.488 e. The van der Waals surface area contributed by atoms with Crippen LogP contribution in [0.2, 0.25) is 5.02 Å². The maximum Gasteiger partial charge on any atom is 0.162 e. The van der Waals surface area contributed by atoms with Crippen LogP contribution in [0.25, 0.3) is 16.8 Å². The lowest BCUT2D eigenvalue weighted by Crippen LogP contribution is -2.24. The van der Waals surface area contributed by atoms with E-state index in [0.29, 0.717) is 11.6 Å². The van der Waals surface area contributed by atoms with Crippen molar-refractivity contribution in [3.8, 4) is 16.9 Å². The molecule has 21 heavy (non-hydrogen) atoms. The molecule has 0 spiro atoms. The molecule has 2 N–H and O–H groups in total. The van der Waals surface area contributed by atoms with Crippen LogP contribution in [0.3, 0.4) is 0 Å². The average Bonchev–Trinajstić information content (AvgIpc) is 3.09. The van der Waals surface area contributed by atoms with E-state index in [9.17, 15) is 0 Å². The molecule has 0 bridgehead atoms. The lowest BCUT2D eigenvalue weighted by Gasteiger charge is -2.10. The van der Waals surface area contributed by atoms with Gasteiger partial charge < -0.3 is 10.5 Å². The maximum atomic E-state index is 6.25. The Bertz CT molecular complexity index is 830. The number of fused-ring (bicyclic) bond motifs is 2. The monoisotopic (exact) mass is 300 g/mol. The van der Waals surface area contributed by atoms with E-state index in [4.69, 9.17) is 22.1 Å². The molecule has 0 saturated carbocycles. The Morgan fingerprint density at radius 2 is 2.29 bits per heavy atom. The summed E-state index contributed by atoms with van der Waals surface area (Å²) in [6.07, 6.45) is 6.18. The van der Waals surface area contributed by atoms with Crippen LogP contribution >= 0.6 is 11.6 Å². The Balaban J connectivity index is 1.94. The lowest BCUT2D eigenvalue weighted by atomic mass is 10.0. The van der Waals surface area contributed by atoms with Crippen molar-refractivity contribution in [1.29, 1.82) is 0 Å². The lowest BCUT2D eigenvalue weighted by molar-refractivity contribution is 0.242. The number of halogens is 1. The van der Waals surface area contributed by atoms with Gasteiger partial charge in [0.25, 0.3) is 0 Å². The normalized spacial score (nSPS) is 17.0. The first-order valence-corrected chi connectivity index (χ1v) is 7.12. The Hall–Kier alpha value is -2.11. The second kappa shape index (κ2) is 4.72. The smallest absolute Gasteiger partial charge is 0.162 e. The molecule has 6 heteroatoms. The van der Waals surface area contributed by atoms with Gasteiger partial charge in [0.15, 0.2) is 5.65 Å². The summed E-state index contributed by atoms with van der Waals surface area (Å²) in [7, 11) is 0. The molecule has 4 rings (SSSR count). The molecule has 1 aromatic carbocycles. The van der Waals surface area contributed by atoms with Crippen LogP contribution in [0, 0.1) is 0 Å². The molecule has 1 unspecified atom stereocenters. The van der Waals surface area contributed by atoms with E-state index in [2.05, 4.69) is 10.1 Å². The fourth-order valence-corrected chi connectivity index (χ4v) is 2.98. The van der Waals surface area contributed by atoms with Crippen molar-refractivity contribution in [2.45, 2.75) is 12.5 Å². The molecule has 3 heterocycles. The van der Waals surface area contributed by atoms with Crippen molar-refractivity contribution in [3.63, 3.8) is 0 Å². The van der Waals surface area contributed by atoms with Crippen LogP contribution in [0.5, 0.6) is 5.75 Å². The predicted molar refractivity (Wildman–Crippen MR) is 80.6 cm³/mol. The van der Waals surface area contributed by atoms with Gasteiger partial charge in [-0.2, -0.15) is 5.10 Å². The highest BCUT2D eigenvalue weighted by Gasteiger charge is 2.26. The molecule has 1 atom stereocenters. The summed E-state index contributed by atoms with van der Waals surface area (Å²) in [6.45, 7) is 0.485. The second-order valence-electron chi connectivity index (χ2n) is 5.07. The number of hydrogen-bond acceptors (Lipinski definition) is 4. The number of aromatic nitrogens is 3. The van der Waals surface area contributed by atoms with Crippen LogP contribution in [-0.2, 0) is 6.42 Å². The van der Waals surface area contributed by atoms with Crippen LogP contribution in [-0.4, -0.2) is 27.2 Å². The molecule has 106 valence electrons. The summed E-state index contributed by atoms with van der Waals surface area (Å²) in [6, 6.07) is 5.67. The van der Waals surface area contributed by atoms with Crippen LogP contribution < -0.4 is 10.5 Å². The average molecular weight is 301 g/mol. The molecule has 3 aromatic rings. The van der Waals surface area contributed by atoms with Crippen LogP contribution in [0.15, 0.2) is 36.8 Å². The van der Waals surface area contributed by atoms with Crippen molar-refractivity contribution in [1.82, 2.24) is 14.6 Å². The number of hydrogen-bond donors (Lipinski definition) is 1. The van der Waals surface area contributed by atoms with E-state index in [1.807, 2.05) is 24.4 Å². The van der Waals surface area contributed by atoms with Gasteiger partial charge in [-0.25, -0.2) is 9.50 Å². The van der Waals surface area contributed by atoms with E-state index in [-0.39, 0.29) is 6.10 Å². The summed E-state index contributed by atoms with van der Waals surface area (Å²) in [5, 5.41) is 5.00. The Morgan fingerprint density at radius 1 is 1.38 bits per heavy atom. The molecule has 1 aliphatic rings. The van der Waals surface area contributed by atoms with Gasteiger partial charge in [-0.15, -0.1) is 0 Å². The fourth-order valence-electron chi connectivity index (χ4n) is 2.74. The first-order chi connectivity index (χ1) is 10.3. The molecular weight excluding hydrogens is 288 g/mol. The molecule has 0 radical (unpaired) electrons. The highest BCUT2D eigenvalue weighted by molar-refractivity contribution is 6.31. The second-order valence-corrected chi connectivity index (χ2v) is 5.50. The van der Waals surface area contributed by atoms with Crippen molar-refractivity contribution < 1.29 is 4.74 Å². The quantitative estimate of drug-likeness (QED) is 0.789. The highest BCUT2D eigenvalue weighted by Crippen LogP contribution is 2.41. The fraction of sp³-hybridized carbons (Fsp3) is 0.200. The zero-order valence-corrected chi connectivity index (χ0v) is 11.9. The molecule has 0 aliphatic carbocycles. The third-order valence-corrected chi connectivity index (χ3v) is 3.91. The molecule has 1 aliphatic heterocycles. The van der Waals surface area contributed by atoms with Gasteiger partial charge in [0, 0.05) is 35.9 Å². The predicted octanol–water partition coefficient (Wildman–Crippen LogP) is 2.31. The zero-order valence-electron chi connectivity index (χ0n) is 11.2. The Morgan fingerprint density at radius 3 is 3.14 bits per heavy atom. The number of nitrogens with zero attached hydrogens (tertiary/aromatic N) is 3. The minimum atomic E-state index is 0.00649. The van der Waals surface area contributed by atoms with Gasteiger partial charge in [-0.05, 0) is 23.8 Å². The first kappa shape index (κ1) is 12.6. The van der Waals surface area contributed by atoms with Crippen LogP contribution in [0.4, 0.5) is 0 Å². The van der Waals surface area contributed by atoms with Gasteiger partial charge in [0.2, 0.25) is 0 Å². The molecule has 0 fully saturated rings. The molecule has 5 nitrogen and oxygen atoms in total. The molecule has 0 amide bonds. The SMILES string of the molecule is NCC1Cc2cc(Cl)cc(-c3cnn4cccnc34)c2O1. The van der Waals surface area contributed by atoms with E-state index in [1.54, 1.807) is 16.9 Å². The van der Waals surface area contributed by atoms with E-state index >= 15 is 0 Å². The van der Waals surface area contributed by atoms with Gasteiger partial charge in [0.1, 0.15) is 11.9 Å². The molecule has 0 saturated heterocycles. The summed E-state index contributed by atoms with van der Waals surface area (Å²) in [5.41, 5.74) is 9.42. The summed E-state index contributed by atoms with van der Waals surface area (Å²) < 4.78 is 7.70. The van der Waals surface area contributed by atoms with Crippen LogP contribution in [0.1, 0.15) is 5.56 Å². The molecule has 2 aromatic heterocycles. The van der Waals surface area contributed by atoms with E-state index in [1.165, 1.54) is 0 Å². The number of rotatable bonds is 2. The van der Waals surface area contributed by atoms with Crippen molar-refractivity contribution >= 4 is 17.2 Å². The number of nitrogens with two attached hydrogens (primary N) is 1. The summed E-state index contributed by atoms with van der Waals surface area (Å²) >= 11 is 6.25. The standard InChI is InChI=1S/C15H13ClN4O/c16-10-4-9-5-11(7-17)21-14(9)12(6-10)13-8-19-20-3-1-2-18-15(13)20/h1-4,6,8,11H,5,7,17H2. The largest absolute Gasteiger partial charge is 0.488 e. The number of benzene rings is 1. The van der Waals surface area contributed by atoms with E-state index < -0.39 is 0 Å². The Kier molecular flexibility index (Phi) is 2.83. The Labute approximate surface area is 126 Å². The number of ether oxygens (including phenoxy) is 1. The summed E-state index contributed by atoms with van der Waals surface area (Å²) in [5.74, 6) is 0.843. The zero-order chi connectivity index (χ0) is 14.4.